The van der Waals surface area contributed by atoms with E-state index in [4.69, 9.17) is 0 Å². The summed E-state index contributed by atoms with van der Waals surface area (Å²) in [4.78, 5) is 4.85. The predicted molar refractivity (Wildman–Crippen MR) is 173 cm³/mol. The van der Waals surface area contributed by atoms with Crippen LogP contribution in [0, 0.1) is 17.8 Å². The Kier molecular flexibility index (Phi) is 20.6. The molecule has 4 rings (SSSR count). The molecule has 0 saturated carbocycles. The maximum atomic E-state index is 2.42. The molecule has 2 aliphatic rings. The molecule has 2 aromatic rings. The summed E-state index contributed by atoms with van der Waals surface area (Å²) in [5.41, 5.74) is 6.17. The van der Waals surface area contributed by atoms with Crippen molar-refractivity contribution < 1.29 is 1.43 Å². The van der Waals surface area contributed by atoms with E-state index in [1.54, 1.807) is 11.1 Å². The molecule has 0 aromatic heterocycles. The quantitative estimate of drug-likeness (QED) is 0.392. The van der Waals surface area contributed by atoms with Crippen molar-refractivity contribution in [3.8, 4) is 0 Å². The van der Waals surface area contributed by atoms with E-state index in [-0.39, 0.29) is 8.85 Å². The van der Waals surface area contributed by atoms with Crippen LogP contribution in [-0.4, -0.2) is 37.0 Å². The highest BCUT2D eigenvalue weighted by atomic mass is 15.1. The highest BCUT2D eigenvalue weighted by Gasteiger charge is 2.25. The van der Waals surface area contributed by atoms with Gasteiger partial charge in [-0.15, -0.1) is 0 Å². The zero-order chi connectivity index (χ0) is 27.8. The van der Waals surface area contributed by atoms with Crippen molar-refractivity contribution in [2.75, 3.05) is 27.2 Å². The van der Waals surface area contributed by atoms with Gasteiger partial charge in [0.15, 0.2) is 0 Å². The molecule has 0 saturated heterocycles. The summed E-state index contributed by atoms with van der Waals surface area (Å²) in [7, 11) is 4.43. The zero-order valence-electron chi connectivity index (χ0n) is 26.2. The molecule has 0 N–H and O–H groups in total. The summed E-state index contributed by atoms with van der Waals surface area (Å²) in [5, 5.41) is 0. The van der Waals surface area contributed by atoms with Gasteiger partial charge in [0.1, 0.15) is 0 Å². The molecule has 2 unspecified atom stereocenters. The Morgan fingerprint density at radius 2 is 0.865 bits per heavy atom. The Morgan fingerprint density at radius 1 is 0.595 bits per heavy atom. The predicted octanol–water partition coefficient (Wildman–Crippen LogP) is 10.3. The summed E-state index contributed by atoms with van der Waals surface area (Å²) < 4.78 is 0. The van der Waals surface area contributed by atoms with Crippen LogP contribution in [0.5, 0.6) is 0 Å². The first-order chi connectivity index (χ1) is 17.1. The van der Waals surface area contributed by atoms with Crippen molar-refractivity contribution >= 4 is 0 Å². The lowest BCUT2D eigenvalue weighted by atomic mass is 9.83. The molecule has 2 atom stereocenters. The molecule has 37 heavy (non-hydrogen) atoms. The minimum atomic E-state index is 0. The van der Waals surface area contributed by atoms with Crippen LogP contribution in [0.25, 0.3) is 0 Å². The number of fused-ring (bicyclic) bond motifs is 2. The lowest BCUT2D eigenvalue weighted by Gasteiger charge is -2.34. The van der Waals surface area contributed by atoms with Gasteiger partial charge in [0, 0.05) is 27.6 Å². The van der Waals surface area contributed by atoms with E-state index in [1.807, 2.05) is 27.7 Å². The van der Waals surface area contributed by atoms with Crippen molar-refractivity contribution in [3.63, 3.8) is 0 Å². The van der Waals surface area contributed by atoms with E-state index >= 15 is 0 Å². The Morgan fingerprint density at radius 3 is 1.14 bits per heavy atom. The molecule has 2 aromatic carbocycles. The number of likely N-dealkylation sites (N-methyl/N-ethyl adjacent to an activating group) is 2. The second-order valence-corrected chi connectivity index (χ2v) is 11.2. The lowest BCUT2D eigenvalue weighted by molar-refractivity contribution is 0.253. The Balaban J connectivity index is -0.000000488. The van der Waals surface area contributed by atoms with Crippen LogP contribution in [-0.2, 0) is 13.1 Å². The van der Waals surface area contributed by atoms with Gasteiger partial charge >= 0.3 is 0 Å². The van der Waals surface area contributed by atoms with E-state index in [0.717, 1.165) is 30.8 Å². The fourth-order valence-electron chi connectivity index (χ4n) is 4.80. The fourth-order valence-corrected chi connectivity index (χ4v) is 4.80. The van der Waals surface area contributed by atoms with Gasteiger partial charge in [0.25, 0.3) is 0 Å². The van der Waals surface area contributed by atoms with Gasteiger partial charge in [-0.25, -0.2) is 0 Å². The second-order valence-electron chi connectivity index (χ2n) is 11.2. The summed E-state index contributed by atoms with van der Waals surface area (Å²) in [6.45, 7) is 28.4. The Bertz CT molecular complexity index is 747. The normalized spacial score (nSPS) is 18.3. The Labute approximate surface area is 235 Å². The SMILES string of the molecule is C.CC.CC.CC(C)C.CC(C)C1CN(C)Cc2ccccc21.CC(C)C1CN(C)Cc2ccccc21.[2HH]. The second kappa shape index (κ2) is 20.3. The first kappa shape index (κ1) is 37.5. The number of hydrogen-bond acceptors (Lipinski definition) is 2. The van der Waals surface area contributed by atoms with Gasteiger partial charge in [-0.2, -0.15) is 0 Å². The highest BCUT2D eigenvalue weighted by molar-refractivity contribution is 5.34. The van der Waals surface area contributed by atoms with Crippen LogP contribution in [0.15, 0.2) is 48.5 Å². The van der Waals surface area contributed by atoms with Crippen molar-refractivity contribution in [1.29, 1.82) is 0 Å². The summed E-state index contributed by atoms with van der Waals surface area (Å²) >= 11 is 0. The highest BCUT2D eigenvalue weighted by Crippen LogP contribution is 2.33. The van der Waals surface area contributed by atoms with E-state index in [0.29, 0.717) is 11.8 Å². The molecule has 2 heterocycles. The number of nitrogens with zero attached hydrogens (tertiary/aromatic N) is 2. The molecule has 0 spiro atoms. The minimum Gasteiger partial charge on any atom is -0.301 e. The summed E-state index contributed by atoms with van der Waals surface area (Å²) in [6.07, 6.45) is 0. The first-order valence-electron chi connectivity index (χ1n) is 14.6. The van der Waals surface area contributed by atoms with Crippen LogP contribution < -0.4 is 0 Å². The fraction of sp³-hybridized carbons (Fsp3) is 0.657. The maximum Gasteiger partial charge on any atom is 0.0233 e. The maximum absolute atomic E-state index is 2.42. The van der Waals surface area contributed by atoms with Gasteiger partial charge in [0.2, 0.25) is 0 Å². The average molecular weight is 516 g/mol. The molecule has 216 valence electrons. The minimum absolute atomic E-state index is 0. The zero-order valence-corrected chi connectivity index (χ0v) is 26.2. The van der Waals surface area contributed by atoms with E-state index in [2.05, 4.69) is 121 Å². The molecule has 0 fully saturated rings. The topological polar surface area (TPSA) is 6.48 Å². The molecule has 0 amide bonds. The van der Waals surface area contributed by atoms with Crippen molar-refractivity contribution in [2.24, 2.45) is 17.8 Å². The third-order valence-corrected chi connectivity index (χ3v) is 6.42. The third kappa shape index (κ3) is 13.1. The van der Waals surface area contributed by atoms with Crippen LogP contribution in [0.1, 0.15) is 119 Å². The Hall–Kier alpha value is -1.64. The van der Waals surface area contributed by atoms with Gasteiger partial charge in [-0.1, -0.05) is 132 Å². The third-order valence-electron chi connectivity index (χ3n) is 6.42. The first-order valence-corrected chi connectivity index (χ1v) is 14.6. The van der Waals surface area contributed by atoms with Crippen molar-refractivity contribution in [2.45, 2.75) is 109 Å². The molecule has 2 aliphatic heterocycles. The molecular formula is C35H66N2. The van der Waals surface area contributed by atoms with Gasteiger partial charge in [0.05, 0.1) is 0 Å². The molecule has 2 heteroatoms. The van der Waals surface area contributed by atoms with Gasteiger partial charge in [-0.3, -0.25) is 0 Å². The van der Waals surface area contributed by atoms with Gasteiger partial charge in [-0.05, 0) is 65.9 Å². The smallest absolute Gasteiger partial charge is 0.0233 e. The summed E-state index contributed by atoms with van der Waals surface area (Å²) in [6, 6.07) is 17.8. The van der Waals surface area contributed by atoms with E-state index in [1.165, 1.54) is 24.2 Å². The molecular weight excluding hydrogens is 448 g/mol. The van der Waals surface area contributed by atoms with Crippen LogP contribution in [0.3, 0.4) is 0 Å². The van der Waals surface area contributed by atoms with Crippen molar-refractivity contribution in [3.05, 3.63) is 70.8 Å². The largest absolute Gasteiger partial charge is 0.301 e. The molecule has 0 radical (unpaired) electrons. The van der Waals surface area contributed by atoms with E-state index < -0.39 is 0 Å². The van der Waals surface area contributed by atoms with E-state index in [9.17, 15) is 0 Å². The number of benzene rings is 2. The molecule has 0 bridgehead atoms. The van der Waals surface area contributed by atoms with Gasteiger partial charge < -0.3 is 9.80 Å². The lowest BCUT2D eigenvalue weighted by Crippen LogP contribution is -2.32. The number of rotatable bonds is 2. The summed E-state index contributed by atoms with van der Waals surface area (Å²) in [5.74, 6) is 3.73. The van der Waals surface area contributed by atoms with Crippen LogP contribution in [0.4, 0.5) is 0 Å². The van der Waals surface area contributed by atoms with Crippen LogP contribution in [0.2, 0.25) is 0 Å². The average Bonchev–Trinajstić information content (AvgIpc) is 2.85. The standard InChI is InChI=1S/2C13H19N.C4H10.2C2H6.CH4.H2/c2*1-10(2)13-9-14(3)8-11-6-4-5-7-12(11)13;1-4(2)3;2*1-2;;/h2*4-7,10,13H,8-9H2,1-3H3;4H,1-3H3;2*1-2H3;1H4;1H/i;;;;;;1+1. The number of hydrogen-bond donors (Lipinski definition) is 0. The van der Waals surface area contributed by atoms with Crippen molar-refractivity contribution in [1.82, 2.24) is 9.80 Å². The van der Waals surface area contributed by atoms with Crippen LogP contribution >= 0.6 is 0 Å². The molecule has 0 aliphatic carbocycles. The monoisotopic (exact) mass is 516 g/mol. The molecule has 2 nitrogen and oxygen atoms in total.